The first-order valence-electron chi connectivity index (χ1n) is 28.2. The van der Waals surface area contributed by atoms with Gasteiger partial charge in [0.15, 0.2) is 0 Å². The van der Waals surface area contributed by atoms with Crippen LogP contribution in [0.4, 0.5) is 60.5 Å². The highest BCUT2D eigenvalue weighted by Crippen LogP contribution is 2.47. The zero-order valence-electron chi connectivity index (χ0n) is 46.6. The van der Waals surface area contributed by atoms with Gasteiger partial charge < -0.3 is 37.6 Å². The molecule has 7 aromatic carbocycles. The predicted molar refractivity (Wildman–Crippen MR) is 322 cm³/mol. The van der Waals surface area contributed by atoms with Gasteiger partial charge in [0.2, 0.25) is 16.7 Å². The number of hydrogen-bond acceptors (Lipinski definition) is 9. The molecular weight excluding hydrogens is 1080 g/mol. The van der Waals surface area contributed by atoms with Crippen molar-refractivity contribution >= 4 is 73.7 Å². The minimum atomic E-state index is -4.61. The van der Waals surface area contributed by atoms with Crippen LogP contribution in [-0.2, 0) is 12.4 Å². The van der Waals surface area contributed by atoms with Crippen molar-refractivity contribution in [3.8, 4) is 16.8 Å². The van der Waals surface area contributed by atoms with E-state index in [-0.39, 0.29) is 40.4 Å². The van der Waals surface area contributed by atoms with E-state index in [1.54, 1.807) is 24.3 Å². The maximum Gasteiger partial charge on any atom is 0.418 e. The molecule has 0 saturated carbocycles. The number of carbonyl (C=O) groups excluding carboxylic acids is 2. The number of amides is 2. The molecule has 18 heteroatoms. The number of aliphatic imine (C=N–C) groups is 1. The van der Waals surface area contributed by atoms with Crippen molar-refractivity contribution in [2.75, 3.05) is 47.9 Å². The summed E-state index contributed by atoms with van der Waals surface area (Å²) < 4.78 is 84.8. The molecular formula is C66H65F6N10O2+. The van der Waals surface area contributed by atoms with Gasteiger partial charge in [0.05, 0.1) is 39.9 Å². The lowest BCUT2D eigenvalue weighted by molar-refractivity contribution is -0.538. The minimum Gasteiger partial charge on any atom is -0.398 e. The van der Waals surface area contributed by atoms with E-state index in [0.717, 1.165) is 114 Å². The summed E-state index contributed by atoms with van der Waals surface area (Å²) in [4.78, 5) is 37.4. The third kappa shape index (κ3) is 13.2. The van der Waals surface area contributed by atoms with Crippen molar-refractivity contribution in [2.24, 2.45) is 4.99 Å². The fourth-order valence-electron chi connectivity index (χ4n) is 10.8. The number of para-hydroxylation sites is 2. The molecule has 2 amide bonds. The normalized spacial score (nSPS) is 14.1. The first-order valence-corrected chi connectivity index (χ1v) is 28.2. The number of nitrogens with one attached hydrogen (secondary N) is 4. The number of benzene rings is 7. The summed E-state index contributed by atoms with van der Waals surface area (Å²) in [5.41, 5.74) is 20.9. The van der Waals surface area contributed by atoms with E-state index in [0.29, 0.717) is 59.7 Å². The van der Waals surface area contributed by atoms with Crippen LogP contribution in [0.25, 0.3) is 38.9 Å². The summed E-state index contributed by atoms with van der Waals surface area (Å²) >= 11 is 0. The first kappa shape index (κ1) is 58.0. The van der Waals surface area contributed by atoms with Gasteiger partial charge in [-0.3, -0.25) is 9.59 Å². The number of nitrogen functional groups attached to an aromatic ring is 2. The molecule has 0 radical (unpaired) electrons. The first-order chi connectivity index (χ1) is 40.4. The standard InChI is InChI=1S/C66H64F6N10O2/c1-41-33-55-61(81(47-17-9-7-10-18-47)59-37-51(73)49(65(67,68)69)35-57(59)79-55)39-53(41)75-29-13-3-5-15-31-77-63(83)45-25-21-43(22-26-45)44-23-27-46(28-24-44)64(84)78-32-16-6-4-14-30-76-54-40-62-56(34-42(54)2)80-58-36-50(66(70,71)72)52(74)38-60(58)82(62)48-19-11-8-12-20-48/h7-12,17-28,33-40,61,75H,3-6,13-16,29-32,73H2,1-2H3,(H4,74,76,77,78,83,84)/p+1. The molecule has 0 spiro atoms. The van der Waals surface area contributed by atoms with Crippen LogP contribution in [0, 0.1) is 6.92 Å². The second kappa shape index (κ2) is 25.1. The molecule has 1 aliphatic carbocycles. The van der Waals surface area contributed by atoms with Crippen molar-refractivity contribution in [2.45, 2.75) is 83.6 Å². The molecule has 432 valence electrons. The monoisotopic (exact) mass is 1140 g/mol. The predicted octanol–water partition coefficient (Wildman–Crippen LogP) is 14.3. The van der Waals surface area contributed by atoms with Gasteiger partial charge >= 0.3 is 12.4 Å². The molecule has 84 heavy (non-hydrogen) atoms. The summed E-state index contributed by atoms with van der Waals surface area (Å²) in [6, 6.07) is 41.9. The number of unbranched alkanes of at least 4 members (excludes halogenated alkanes) is 6. The lowest BCUT2D eigenvalue weighted by Gasteiger charge is -2.39. The highest BCUT2D eigenvalue weighted by molar-refractivity contribution is 6.11. The molecule has 1 aliphatic heterocycles. The number of alkyl halides is 6. The third-order valence-corrected chi connectivity index (χ3v) is 15.2. The highest BCUT2D eigenvalue weighted by Gasteiger charge is 2.38. The third-order valence-electron chi connectivity index (χ3n) is 15.2. The molecule has 12 nitrogen and oxygen atoms in total. The molecule has 1 atom stereocenters. The number of halogens is 6. The number of aromatic nitrogens is 2. The molecule has 10 rings (SSSR count). The summed E-state index contributed by atoms with van der Waals surface area (Å²) in [6.07, 6.45) is 1.93. The van der Waals surface area contributed by atoms with Crippen LogP contribution < -0.4 is 42.2 Å². The SMILES string of the molecule is CC1=CC2=Nc3cc(C(F)(F)F)c(N)cc3N(c3ccccc3)C2C=C1NCCCCCCNC(=O)c1ccc(-c2ccc(C(=O)NCCCCCCNc3cc4c(cc3C)nc3cc(C(F)(F)F)c(N)cc3[n+]4-c3ccccc3)cc2)cc1. The summed E-state index contributed by atoms with van der Waals surface area (Å²) in [5.74, 6) is -0.295. The number of nitrogens with zero attached hydrogens (tertiary/aromatic N) is 4. The Balaban J connectivity index is 0.622. The van der Waals surface area contributed by atoms with Gasteiger partial charge in [-0.2, -0.15) is 26.3 Å². The van der Waals surface area contributed by atoms with Crippen LogP contribution in [0.2, 0.25) is 0 Å². The minimum absolute atomic E-state index is 0.147. The Morgan fingerprint density at radius 2 is 1.10 bits per heavy atom. The van der Waals surface area contributed by atoms with Crippen LogP contribution in [0.1, 0.15) is 95.7 Å². The van der Waals surface area contributed by atoms with Crippen molar-refractivity contribution in [3.05, 3.63) is 197 Å². The Morgan fingerprint density at radius 1 is 0.583 bits per heavy atom. The summed E-state index contributed by atoms with van der Waals surface area (Å²) in [5, 5.41) is 13.2. The largest absolute Gasteiger partial charge is 0.418 e. The van der Waals surface area contributed by atoms with Crippen molar-refractivity contribution < 1.29 is 40.5 Å². The second-order valence-corrected chi connectivity index (χ2v) is 21.2. The van der Waals surface area contributed by atoms with Crippen LogP contribution in [-0.4, -0.2) is 54.7 Å². The van der Waals surface area contributed by atoms with Crippen LogP contribution in [0.15, 0.2) is 174 Å². The zero-order valence-corrected chi connectivity index (χ0v) is 46.6. The number of anilines is 5. The maximum atomic E-state index is 13.8. The Kier molecular flexibility index (Phi) is 17.4. The molecule has 2 aliphatic rings. The van der Waals surface area contributed by atoms with Gasteiger partial charge in [0.1, 0.15) is 11.0 Å². The Bertz CT molecular complexity index is 3810. The highest BCUT2D eigenvalue weighted by atomic mass is 19.4. The lowest BCUT2D eigenvalue weighted by Crippen LogP contribution is -2.41. The number of carbonyl (C=O) groups is 2. The molecule has 2 heterocycles. The van der Waals surface area contributed by atoms with Gasteiger partial charge in [-0.1, -0.05) is 86.3 Å². The van der Waals surface area contributed by atoms with Gasteiger partial charge in [-0.25, -0.2) is 9.98 Å². The number of fused-ring (bicyclic) bond motifs is 4. The fraction of sp³-hybridized carbons (Fsp3) is 0.258. The Morgan fingerprint density at radius 3 is 1.68 bits per heavy atom. The van der Waals surface area contributed by atoms with E-state index in [2.05, 4.69) is 37.3 Å². The molecule has 1 aromatic heterocycles. The number of rotatable bonds is 21. The van der Waals surface area contributed by atoms with E-state index < -0.39 is 23.5 Å². The van der Waals surface area contributed by atoms with Gasteiger partial charge in [0, 0.05) is 84.3 Å². The molecule has 0 fully saturated rings. The number of aryl methyl sites for hydroxylation is 1. The van der Waals surface area contributed by atoms with Crippen LogP contribution >= 0.6 is 0 Å². The lowest BCUT2D eigenvalue weighted by atomic mass is 9.93. The van der Waals surface area contributed by atoms with E-state index >= 15 is 0 Å². The number of hydrogen-bond donors (Lipinski definition) is 6. The Hall–Kier alpha value is -9.19. The molecule has 0 saturated heterocycles. The van der Waals surface area contributed by atoms with Gasteiger partial charge in [-0.15, -0.1) is 4.57 Å². The number of allylic oxidation sites excluding steroid dienone is 1. The quantitative estimate of drug-likeness (QED) is 0.0136. The van der Waals surface area contributed by atoms with Gasteiger partial charge in [0.25, 0.3) is 11.8 Å². The average molecular weight is 1140 g/mol. The van der Waals surface area contributed by atoms with E-state index in [1.807, 2.05) is 126 Å². The molecule has 0 bridgehead atoms. The summed E-state index contributed by atoms with van der Waals surface area (Å²) in [7, 11) is 0. The van der Waals surface area contributed by atoms with Crippen LogP contribution in [0.3, 0.4) is 0 Å². The molecule has 8 N–H and O–H groups in total. The second-order valence-electron chi connectivity index (χ2n) is 21.2. The average Bonchev–Trinajstić information content (AvgIpc) is 1.60. The van der Waals surface area contributed by atoms with E-state index in [4.69, 9.17) is 11.5 Å². The smallest absolute Gasteiger partial charge is 0.398 e. The fourth-order valence-corrected chi connectivity index (χ4v) is 10.8. The summed E-state index contributed by atoms with van der Waals surface area (Å²) in [6.45, 7) is 6.40. The van der Waals surface area contributed by atoms with Crippen molar-refractivity contribution in [3.63, 3.8) is 0 Å². The van der Waals surface area contributed by atoms with Crippen LogP contribution in [0.5, 0.6) is 0 Å². The maximum absolute atomic E-state index is 13.8. The van der Waals surface area contributed by atoms with Gasteiger partial charge in [-0.05, 0) is 135 Å². The zero-order chi connectivity index (χ0) is 59.1. The van der Waals surface area contributed by atoms with Crippen molar-refractivity contribution in [1.29, 1.82) is 0 Å². The van der Waals surface area contributed by atoms with E-state index in [1.165, 1.54) is 12.1 Å². The van der Waals surface area contributed by atoms with E-state index in [9.17, 15) is 35.9 Å². The molecule has 1 unspecified atom stereocenters. The number of nitrogens with two attached hydrogens (primary N) is 2. The topological polar surface area (TPSA) is 167 Å². The Labute approximate surface area is 483 Å². The van der Waals surface area contributed by atoms with Crippen molar-refractivity contribution in [1.82, 2.24) is 20.9 Å². The molecule has 8 aromatic rings.